The Morgan fingerprint density at radius 2 is 2.19 bits per heavy atom. The van der Waals surface area contributed by atoms with Gasteiger partial charge in [0.15, 0.2) is 5.69 Å². The predicted octanol–water partition coefficient (Wildman–Crippen LogP) is 0.880. The van der Waals surface area contributed by atoms with Crippen molar-refractivity contribution in [3.05, 3.63) is 11.4 Å². The van der Waals surface area contributed by atoms with Gasteiger partial charge in [-0.05, 0) is 25.2 Å². The molecule has 1 atom stereocenters. The largest absolute Gasteiger partial charge is 0.334 e. The Labute approximate surface area is 124 Å². The third-order valence-corrected chi connectivity index (χ3v) is 4.97. The number of hydrogen-bond acceptors (Lipinski definition) is 4. The highest BCUT2D eigenvalue weighted by Gasteiger charge is 2.36. The Morgan fingerprint density at radius 3 is 2.71 bits per heavy atom. The lowest BCUT2D eigenvalue weighted by molar-refractivity contribution is 0.0691. The van der Waals surface area contributed by atoms with Crippen LogP contribution < -0.4 is 5.14 Å². The number of aromatic amines is 1. The summed E-state index contributed by atoms with van der Waals surface area (Å²) >= 11 is 0. The minimum atomic E-state index is -3.99. The molecule has 1 aliphatic rings. The number of rotatable bonds is 4. The summed E-state index contributed by atoms with van der Waals surface area (Å²) in [4.78, 5) is 14.2. The van der Waals surface area contributed by atoms with E-state index in [9.17, 15) is 13.2 Å². The van der Waals surface area contributed by atoms with Crippen LogP contribution in [0.5, 0.6) is 0 Å². The first-order chi connectivity index (χ1) is 9.77. The molecular formula is C13H22N4O3S. The molecule has 8 heteroatoms. The van der Waals surface area contributed by atoms with Crippen LogP contribution in [0.15, 0.2) is 4.90 Å². The molecule has 21 heavy (non-hydrogen) atoms. The van der Waals surface area contributed by atoms with Crippen molar-refractivity contribution in [3.8, 4) is 0 Å². The van der Waals surface area contributed by atoms with Crippen LogP contribution in [-0.2, 0) is 16.4 Å². The van der Waals surface area contributed by atoms with Gasteiger partial charge in [0.05, 0.1) is 5.69 Å². The Hall–Kier alpha value is -1.41. The molecule has 1 aromatic heterocycles. The zero-order chi connectivity index (χ0) is 15.8. The summed E-state index contributed by atoms with van der Waals surface area (Å²) < 4.78 is 23.6. The van der Waals surface area contributed by atoms with Crippen LogP contribution in [0.25, 0.3) is 0 Å². The summed E-state index contributed by atoms with van der Waals surface area (Å²) in [7, 11) is -3.99. The molecule has 1 unspecified atom stereocenters. The number of carbonyl (C=O) groups is 1. The topological polar surface area (TPSA) is 109 Å². The predicted molar refractivity (Wildman–Crippen MR) is 78.2 cm³/mol. The minimum absolute atomic E-state index is 0.0816. The standard InChI is InChI=1S/C13H22N4O3S/c1-4-9-12(21(14,19)20)11(16-15-9)13(18)17-7-5-6-10(17)8(2)3/h8,10H,4-7H2,1-3H3,(H,15,16)(H2,14,19,20). The molecule has 1 saturated heterocycles. The first-order valence-corrected chi connectivity index (χ1v) is 8.73. The van der Waals surface area contributed by atoms with Crippen LogP contribution in [0.1, 0.15) is 49.8 Å². The molecule has 0 bridgehead atoms. The Kier molecular flexibility index (Phi) is 4.38. The van der Waals surface area contributed by atoms with E-state index in [0.717, 1.165) is 12.8 Å². The van der Waals surface area contributed by atoms with Crippen molar-refractivity contribution < 1.29 is 13.2 Å². The molecule has 2 heterocycles. The molecule has 1 amide bonds. The van der Waals surface area contributed by atoms with Crippen molar-refractivity contribution in [3.63, 3.8) is 0 Å². The normalized spacial score (nSPS) is 19.5. The Bertz CT molecular complexity index is 636. The summed E-state index contributed by atoms with van der Waals surface area (Å²) in [5.74, 6) is -0.0369. The maximum Gasteiger partial charge on any atom is 0.276 e. The lowest BCUT2D eigenvalue weighted by Crippen LogP contribution is -2.39. The van der Waals surface area contributed by atoms with E-state index in [1.165, 1.54) is 0 Å². The smallest absolute Gasteiger partial charge is 0.276 e. The van der Waals surface area contributed by atoms with E-state index < -0.39 is 10.0 Å². The highest BCUT2D eigenvalue weighted by molar-refractivity contribution is 7.89. The molecule has 0 aromatic carbocycles. The van der Waals surface area contributed by atoms with Crippen LogP contribution >= 0.6 is 0 Å². The molecule has 0 spiro atoms. The molecule has 0 radical (unpaired) electrons. The van der Waals surface area contributed by atoms with Crippen molar-refractivity contribution in [2.24, 2.45) is 11.1 Å². The number of H-pyrrole nitrogens is 1. The number of aromatic nitrogens is 2. The summed E-state index contributed by atoms with van der Waals surface area (Å²) in [6, 6.07) is 0.118. The zero-order valence-corrected chi connectivity index (χ0v) is 13.4. The summed E-state index contributed by atoms with van der Waals surface area (Å²) in [6.45, 7) is 6.51. The molecule has 2 rings (SSSR count). The SMILES string of the molecule is CCc1[nH]nc(C(=O)N2CCCC2C(C)C)c1S(N)(=O)=O. The van der Waals surface area contributed by atoms with Gasteiger partial charge in [-0.3, -0.25) is 9.89 Å². The van der Waals surface area contributed by atoms with Gasteiger partial charge in [-0.15, -0.1) is 0 Å². The van der Waals surface area contributed by atoms with Crippen LogP contribution in [0.2, 0.25) is 0 Å². The van der Waals surface area contributed by atoms with Crippen LogP contribution in [-0.4, -0.2) is 42.0 Å². The molecule has 0 aliphatic carbocycles. The number of aryl methyl sites for hydroxylation is 1. The van der Waals surface area contributed by atoms with Gasteiger partial charge in [0, 0.05) is 12.6 Å². The quantitative estimate of drug-likeness (QED) is 0.859. The number of primary sulfonamides is 1. The van der Waals surface area contributed by atoms with Crippen LogP contribution in [0, 0.1) is 5.92 Å². The molecule has 118 valence electrons. The summed E-state index contributed by atoms with van der Waals surface area (Å²) in [5.41, 5.74) is 0.294. The minimum Gasteiger partial charge on any atom is -0.334 e. The molecule has 7 nitrogen and oxygen atoms in total. The average Bonchev–Trinajstić information content (AvgIpc) is 3.03. The second kappa shape index (κ2) is 5.76. The van der Waals surface area contributed by atoms with Gasteiger partial charge < -0.3 is 4.90 Å². The van der Waals surface area contributed by atoms with Crippen molar-refractivity contribution in [1.29, 1.82) is 0 Å². The number of nitrogens with zero attached hydrogens (tertiary/aromatic N) is 2. The van der Waals surface area contributed by atoms with E-state index in [-0.39, 0.29) is 22.5 Å². The molecule has 1 fully saturated rings. The second-order valence-corrected chi connectivity index (χ2v) is 7.23. The first kappa shape index (κ1) is 16.0. The van der Waals surface area contributed by atoms with Gasteiger partial charge in [-0.1, -0.05) is 20.8 Å². The van der Waals surface area contributed by atoms with E-state index in [1.807, 2.05) is 0 Å². The molecule has 0 saturated carbocycles. The summed E-state index contributed by atoms with van der Waals surface area (Å²) in [5, 5.41) is 11.8. The number of amides is 1. The van der Waals surface area contributed by atoms with Gasteiger partial charge in [-0.2, -0.15) is 5.10 Å². The molecule has 3 N–H and O–H groups in total. The van der Waals surface area contributed by atoms with Gasteiger partial charge in [0.25, 0.3) is 5.91 Å². The van der Waals surface area contributed by atoms with E-state index in [2.05, 4.69) is 24.0 Å². The number of nitrogens with two attached hydrogens (primary N) is 1. The van der Waals surface area contributed by atoms with Gasteiger partial charge in [0.1, 0.15) is 4.90 Å². The van der Waals surface area contributed by atoms with E-state index >= 15 is 0 Å². The fraction of sp³-hybridized carbons (Fsp3) is 0.692. The highest BCUT2D eigenvalue weighted by atomic mass is 32.2. The van der Waals surface area contributed by atoms with Gasteiger partial charge in [0.2, 0.25) is 10.0 Å². The van der Waals surface area contributed by atoms with E-state index in [0.29, 0.717) is 24.6 Å². The maximum absolute atomic E-state index is 12.7. The number of likely N-dealkylation sites (tertiary alicyclic amines) is 1. The van der Waals surface area contributed by atoms with Crippen LogP contribution in [0.4, 0.5) is 0 Å². The maximum atomic E-state index is 12.7. The third-order valence-electron chi connectivity index (χ3n) is 3.96. The Balaban J connectivity index is 2.43. The molecule has 1 aliphatic heterocycles. The first-order valence-electron chi connectivity index (χ1n) is 7.18. The van der Waals surface area contributed by atoms with E-state index in [1.54, 1.807) is 11.8 Å². The third kappa shape index (κ3) is 2.96. The average molecular weight is 314 g/mol. The fourth-order valence-corrected chi connectivity index (χ4v) is 3.87. The molecular weight excluding hydrogens is 292 g/mol. The van der Waals surface area contributed by atoms with Gasteiger partial charge >= 0.3 is 0 Å². The van der Waals surface area contributed by atoms with Crippen molar-refractivity contribution in [2.75, 3.05) is 6.54 Å². The van der Waals surface area contributed by atoms with Crippen molar-refractivity contribution in [2.45, 2.75) is 51.0 Å². The summed E-state index contributed by atoms with van der Waals surface area (Å²) in [6.07, 6.45) is 2.27. The van der Waals surface area contributed by atoms with Gasteiger partial charge in [-0.25, -0.2) is 13.6 Å². The Morgan fingerprint density at radius 1 is 1.52 bits per heavy atom. The lowest BCUT2D eigenvalue weighted by atomic mass is 10.0. The lowest BCUT2D eigenvalue weighted by Gasteiger charge is -2.27. The van der Waals surface area contributed by atoms with Crippen LogP contribution in [0.3, 0.4) is 0 Å². The van der Waals surface area contributed by atoms with Crippen molar-refractivity contribution in [1.82, 2.24) is 15.1 Å². The number of nitrogens with one attached hydrogen (secondary N) is 1. The number of hydrogen-bond donors (Lipinski definition) is 2. The monoisotopic (exact) mass is 314 g/mol. The number of carbonyl (C=O) groups excluding carboxylic acids is 1. The zero-order valence-electron chi connectivity index (χ0n) is 12.6. The highest BCUT2D eigenvalue weighted by Crippen LogP contribution is 2.27. The number of sulfonamides is 1. The fourth-order valence-electron chi connectivity index (χ4n) is 2.93. The molecule has 1 aromatic rings. The second-order valence-electron chi connectivity index (χ2n) is 5.73. The van der Waals surface area contributed by atoms with Crippen molar-refractivity contribution >= 4 is 15.9 Å². The van der Waals surface area contributed by atoms with E-state index in [4.69, 9.17) is 5.14 Å².